The van der Waals surface area contributed by atoms with Crippen LogP contribution in [0.3, 0.4) is 0 Å². The Morgan fingerprint density at radius 3 is 2.50 bits per heavy atom. The number of hydrogen-bond donors (Lipinski definition) is 2. The Bertz CT molecular complexity index is 773. The summed E-state index contributed by atoms with van der Waals surface area (Å²) in [7, 11) is 1.92. The molecule has 0 aliphatic heterocycles. The van der Waals surface area contributed by atoms with Crippen molar-refractivity contribution in [2.24, 2.45) is 0 Å². The number of likely N-dealkylation sites (N-methyl/N-ethyl adjacent to an activating group) is 1. The average molecular weight is 353 g/mol. The number of amides is 2. The van der Waals surface area contributed by atoms with Gasteiger partial charge in [0, 0.05) is 11.7 Å². The van der Waals surface area contributed by atoms with Crippen LogP contribution in [0.4, 0.5) is 11.4 Å². The van der Waals surface area contributed by atoms with Crippen LogP contribution in [-0.4, -0.2) is 36.3 Å². The van der Waals surface area contributed by atoms with Crippen LogP contribution in [0.2, 0.25) is 0 Å². The van der Waals surface area contributed by atoms with E-state index < -0.39 is 0 Å². The molecule has 0 saturated carbocycles. The Labute approximate surface area is 155 Å². The van der Waals surface area contributed by atoms with Crippen molar-refractivity contribution in [1.82, 2.24) is 4.90 Å². The van der Waals surface area contributed by atoms with Crippen LogP contribution in [0.1, 0.15) is 36.2 Å². The molecule has 0 aliphatic rings. The Balaban J connectivity index is 2.09. The fourth-order valence-electron chi connectivity index (χ4n) is 2.60. The zero-order chi connectivity index (χ0) is 19.1. The summed E-state index contributed by atoms with van der Waals surface area (Å²) in [6.45, 7) is 6.42. The van der Waals surface area contributed by atoms with E-state index in [4.69, 9.17) is 0 Å². The van der Waals surface area contributed by atoms with Crippen molar-refractivity contribution in [1.29, 1.82) is 0 Å². The van der Waals surface area contributed by atoms with Crippen molar-refractivity contribution in [3.05, 3.63) is 59.7 Å². The molecule has 0 saturated heterocycles. The molecule has 0 heterocycles. The molecule has 0 bridgehead atoms. The predicted octanol–water partition coefficient (Wildman–Crippen LogP) is 3.92. The fourth-order valence-corrected chi connectivity index (χ4v) is 2.60. The molecular weight excluding hydrogens is 326 g/mol. The molecule has 2 amide bonds. The first-order valence-corrected chi connectivity index (χ1v) is 8.87. The van der Waals surface area contributed by atoms with E-state index in [9.17, 15) is 9.59 Å². The van der Waals surface area contributed by atoms with Crippen LogP contribution in [0.25, 0.3) is 0 Å². The van der Waals surface area contributed by atoms with Crippen molar-refractivity contribution in [3.63, 3.8) is 0 Å². The van der Waals surface area contributed by atoms with Crippen molar-refractivity contribution in [2.45, 2.75) is 33.2 Å². The molecule has 1 atom stereocenters. The quantitative estimate of drug-likeness (QED) is 0.793. The SMILES string of the molecule is CC[C@H](C)N(C)CC(=O)Nc1ccccc1C(=O)Nc1cccc(C)c1. The minimum atomic E-state index is -0.248. The molecular formula is C21H27N3O2. The van der Waals surface area contributed by atoms with E-state index in [0.717, 1.165) is 17.7 Å². The molecule has 2 aromatic rings. The van der Waals surface area contributed by atoms with Gasteiger partial charge in [0.1, 0.15) is 0 Å². The van der Waals surface area contributed by atoms with E-state index >= 15 is 0 Å². The van der Waals surface area contributed by atoms with E-state index in [0.29, 0.717) is 17.3 Å². The third kappa shape index (κ3) is 5.43. The van der Waals surface area contributed by atoms with Crippen LogP contribution in [0.15, 0.2) is 48.5 Å². The van der Waals surface area contributed by atoms with Gasteiger partial charge in [0.05, 0.1) is 17.8 Å². The van der Waals surface area contributed by atoms with E-state index in [2.05, 4.69) is 24.5 Å². The monoisotopic (exact) mass is 353 g/mol. The largest absolute Gasteiger partial charge is 0.324 e. The number of benzene rings is 2. The lowest BCUT2D eigenvalue weighted by Gasteiger charge is -2.23. The minimum Gasteiger partial charge on any atom is -0.324 e. The fraction of sp³-hybridized carbons (Fsp3) is 0.333. The van der Waals surface area contributed by atoms with Gasteiger partial charge >= 0.3 is 0 Å². The topological polar surface area (TPSA) is 61.4 Å². The van der Waals surface area contributed by atoms with Crippen molar-refractivity contribution >= 4 is 23.2 Å². The molecule has 0 fully saturated rings. The number of nitrogens with zero attached hydrogens (tertiary/aromatic N) is 1. The van der Waals surface area contributed by atoms with Gasteiger partial charge in [0.25, 0.3) is 5.91 Å². The molecule has 5 heteroatoms. The second-order valence-electron chi connectivity index (χ2n) is 6.59. The number of anilines is 2. The molecule has 5 nitrogen and oxygen atoms in total. The van der Waals surface area contributed by atoms with Crippen molar-refractivity contribution < 1.29 is 9.59 Å². The van der Waals surface area contributed by atoms with Crippen LogP contribution in [0, 0.1) is 6.92 Å². The van der Waals surface area contributed by atoms with Crippen LogP contribution in [0.5, 0.6) is 0 Å². The maximum absolute atomic E-state index is 12.6. The van der Waals surface area contributed by atoms with Crippen LogP contribution >= 0.6 is 0 Å². The summed E-state index contributed by atoms with van der Waals surface area (Å²) < 4.78 is 0. The van der Waals surface area contributed by atoms with Crippen molar-refractivity contribution in [2.75, 3.05) is 24.2 Å². The summed E-state index contributed by atoms with van der Waals surface area (Å²) >= 11 is 0. The highest BCUT2D eigenvalue weighted by Crippen LogP contribution is 2.18. The molecule has 0 spiro atoms. The van der Waals surface area contributed by atoms with Crippen molar-refractivity contribution in [3.8, 4) is 0 Å². The summed E-state index contributed by atoms with van der Waals surface area (Å²) in [5.74, 6) is -0.384. The molecule has 138 valence electrons. The molecule has 0 aromatic heterocycles. The number of para-hydroxylation sites is 1. The molecule has 2 rings (SSSR count). The van der Waals surface area contributed by atoms with Gasteiger partial charge in [-0.25, -0.2) is 0 Å². The Morgan fingerprint density at radius 2 is 1.81 bits per heavy atom. The zero-order valence-corrected chi connectivity index (χ0v) is 15.9. The number of aryl methyl sites for hydroxylation is 1. The van der Waals surface area contributed by atoms with E-state index in [1.165, 1.54) is 0 Å². The summed E-state index contributed by atoms with van der Waals surface area (Å²) in [6.07, 6.45) is 0.971. The van der Waals surface area contributed by atoms with Gasteiger partial charge in [0.15, 0.2) is 0 Å². The molecule has 2 aromatic carbocycles. The van der Waals surface area contributed by atoms with Gasteiger partial charge in [-0.05, 0) is 57.1 Å². The maximum atomic E-state index is 12.6. The molecule has 0 aliphatic carbocycles. The van der Waals surface area contributed by atoms with Crippen LogP contribution in [-0.2, 0) is 4.79 Å². The second-order valence-corrected chi connectivity index (χ2v) is 6.59. The van der Waals surface area contributed by atoms with Gasteiger partial charge in [-0.1, -0.05) is 31.2 Å². The standard InChI is InChI=1S/C21H27N3O2/c1-5-16(3)24(4)14-20(25)23-19-12-7-6-11-18(19)21(26)22-17-10-8-9-15(2)13-17/h6-13,16H,5,14H2,1-4H3,(H,22,26)(H,23,25)/t16-/m0/s1. The van der Waals surface area contributed by atoms with E-state index in [1.54, 1.807) is 24.3 Å². The Hall–Kier alpha value is -2.66. The van der Waals surface area contributed by atoms with E-state index in [1.807, 2.05) is 43.1 Å². The first-order chi connectivity index (χ1) is 12.4. The molecule has 2 N–H and O–H groups in total. The third-order valence-electron chi connectivity index (χ3n) is 4.46. The summed E-state index contributed by atoms with van der Waals surface area (Å²) in [5, 5.41) is 5.74. The predicted molar refractivity (Wildman–Crippen MR) is 107 cm³/mol. The van der Waals surface area contributed by atoms with Gasteiger partial charge in [-0.2, -0.15) is 0 Å². The molecule has 0 radical (unpaired) electrons. The lowest BCUT2D eigenvalue weighted by Crippen LogP contribution is -2.36. The van der Waals surface area contributed by atoms with Gasteiger partial charge in [0.2, 0.25) is 5.91 Å². The minimum absolute atomic E-state index is 0.136. The first-order valence-electron chi connectivity index (χ1n) is 8.87. The highest BCUT2D eigenvalue weighted by atomic mass is 16.2. The molecule has 26 heavy (non-hydrogen) atoms. The average Bonchev–Trinajstić information content (AvgIpc) is 2.61. The first kappa shape index (κ1) is 19.7. The number of carbonyl (C=O) groups is 2. The summed E-state index contributed by atoms with van der Waals surface area (Å²) in [6, 6.07) is 15.0. The Morgan fingerprint density at radius 1 is 1.08 bits per heavy atom. The number of nitrogens with one attached hydrogen (secondary N) is 2. The van der Waals surface area contributed by atoms with Crippen LogP contribution < -0.4 is 10.6 Å². The lowest BCUT2D eigenvalue weighted by atomic mass is 10.1. The Kier molecular flexibility index (Phi) is 6.92. The smallest absolute Gasteiger partial charge is 0.257 e. The summed E-state index contributed by atoms with van der Waals surface area (Å²) in [4.78, 5) is 27.0. The zero-order valence-electron chi connectivity index (χ0n) is 15.9. The highest BCUT2D eigenvalue weighted by molar-refractivity contribution is 6.10. The van der Waals surface area contributed by atoms with Gasteiger partial charge in [-0.15, -0.1) is 0 Å². The second kappa shape index (κ2) is 9.15. The number of rotatable bonds is 7. The lowest BCUT2D eigenvalue weighted by molar-refractivity contribution is -0.117. The normalized spacial score (nSPS) is 11.9. The number of hydrogen-bond acceptors (Lipinski definition) is 3. The van der Waals surface area contributed by atoms with Gasteiger partial charge < -0.3 is 10.6 Å². The maximum Gasteiger partial charge on any atom is 0.257 e. The highest BCUT2D eigenvalue weighted by Gasteiger charge is 2.16. The molecule has 0 unspecified atom stereocenters. The third-order valence-corrected chi connectivity index (χ3v) is 4.46. The van der Waals surface area contributed by atoms with E-state index in [-0.39, 0.29) is 18.4 Å². The number of carbonyl (C=O) groups excluding carboxylic acids is 2. The van der Waals surface area contributed by atoms with Gasteiger partial charge in [-0.3, -0.25) is 14.5 Å². The summed E-state index contributed by atoms with van der Waals surface area (Å²) in [5.41, 5.74) is 2.75.